The summed E-state index contributed by atoms with van der Waals surface area (Å²) >= 11 is 0. The molecule has 0 aromatic rings. The third-order valence-corrected chi connectivity index (χ3v) is 7.56. The highest BCUT2D eigenvalue weighted by molar-refractivity contribution is 6.71. The van der Waals surface area contributed by atoms with Crippen LogP contribution in [0.15, 0.2) is 0 Å². The van der Waals surface area contributed by atoms with Crippen LogP contribution in [0.5, 0.6) is 0 Å². The largest absolute Gasteiger partial charge is 0.520 e. The van der Waals surface area contributed by atoms with Crippen molar-refractivity contribution in [3.05, 3.63) is 0 Å². The molecule has 22 heavy (non-hydrogen) atoms. The molecule has 132 valence electrons. The number of carbonyl (C=O) groups excluding carboxylic acids is 1. The normalized spacial score (nSPS) is 14.2. The Morgan fingerprint density at radius 3 is 2.09 bits per heavy atom. The molecule has 0 saturated carbocycles. The molecule has 0 aliphatic heterocycles. The summed E-state index contributed by atoms with van der Waals surface area (Å²) in [4.78, 5) is 14.4. The van der Waals surface area contributed by atoms with Crippen molar-refractivity contribution in [2.45, 2.75) is 52.5 Å². The van der Waals surface area contributed by atoms with Gasteiger partial charge in [0.25, 0.3) is 5.97 Å². The maximum Gasteiger partial charge on any atom is 0.334 e. The van der Waals surface area contributed by atoms with E-state index in [-0.39, 0.29) is 11.9 Å². The fourth-order valence-electron chi connectivity index (χ4n) is 2.15. The van der Waals surface area contributed by atoms with Crippen LogP contribution in [0.4, 0.5) is 0 Å². The quantitative estimate of drug-likeness (QED) is 0.537. The van der Waals surface area contributed by atoms with E-state index >= 15 is 0 Å². The molecule has 0 fully saturated rings. The molecule has 0 bridgehead atoms. The topological polar surface area (TPSA) is 48.0 Å². The van der Waals surface area contributed by atoms with Crippen LogP contribution < -0.4 is 0 Å². The molecule has 1 unspecified atom stereocenters. The molecule has 0 N–H and O–H groups in total. The zero-order valence-corrected chi connectivity index (χ0v) is 17.7. The molecule has 0 spiro atoms. The minimum Gasteiger partial charge on any atom is -0.520 e. The van der Waals surface area contributed by atoms with E-state index in [0.717, 1.165) is 32.1 Å². The smallest absolute Gasteiger partial charge is 0.334 e. The van der Waals surface area contributed by atoms with Gasteiger partial charge < -0.3 is 18.2 Å². The Balaban J connectivity index is 4.29. The lowest BCUT2D eigenvalue weighted by Crippen LogP contribution is -2.39. The lowest BCUT2D eigenvalue weighted by molar-refractivity contribution is -0.139. The minimum atomic E-state index is -1.98. The SMILES string of the molecule is CCN(CCC[Si](C)(OC)OC)CC(C)C(=O)O[Si](C)(C)C. The predicted molar refractivity (Wildman–Crippen MR) is 95.8 cm³/mol. The highest BCUT2D eigenvalue weighted by Crippen LogP contribution is 2.15. The van der Waals surface area contributed by atoms with Crippen LogP contribution >= 0.6 is 0 Å². The van der Waals surface area contributed by atoms with Gasteiger partial charge in [0.2, 0.25) is 8.32 Å². The molecular formula is C15H35NO4Si2. The summed E-state index contributed by atoms with van der Waals surface area (Å²) in [5.41, 5.74) is 0. The van der Waals surface area contributed by atoms with E-state index in [1.807, 2.05) is 26.6 Å². The predicted octanol–water partition coefficient (Wildman–Crippen LogP) is 3.08. The zero-order valence-electron chi connectivity index (χ0n) is 15.7. The lowest BCUT2D eigenvalue weighted by Gasteiger charge is -2.27. The molecule has 0 amide bonds. The highest BCUT2D eigenvalue weighted by Gasteiger charge is 2.29. The maximum atomic E-state index is 12.1. The van der Waals surface area contributed by atoms with Crippen molar-refractivity contribution < 1.29 is 18.1 Å². The average molecular weight is 350 g/mol. The Kier molecular flexibility index (Phi) is 9.72. The number of carbonyl (C=O) groups is 1. The molecule has 0 heterocycles. The van der Waals surface area contributed by atoms with Crippen molar-refractivity contribution in [2.24, 2.45) is 5.92 Å². The summed E-state index contributed by atoms with van der Waals surface area (Å²) in [5.74, 6) is -0.147. The van der Waals surface area contributed by atoms with Gasteiger partial charge in [0.1, 0.15) is 0 Å². The van der Waals surface area contributed by atoms with Crippen LogP contribution in [0, 0.1) is 5.92 Å². The molecule has 0 aliphatic rings. The summed E-state index contributed by atoms with van der Waals surface area (Å²) in [7, 11) is -0.335. The van der Waals surface area contributed by atoms with E-state index < -0.39 is 16.9 Å². The van der Waals surface area contributed by atoms with Gasteiger partial charge in [0, 0.05) is 20.8 Å². The van der Waals surface area contributed by atoms with Gasteiger partial charge in [-0.1, -0.05) is 13.8 Å². The summed E-state index contributed by atoms with van der Waals surface area (Å²) < 4.78 is 16.6. The number of hydrogen-bond donors (Lipinski definition) is 0. The first kappa shape index (κ1) is 21.8. The molecule has 7 heteroatoms. The fourth-order valence-corrected chi connectivity index (χ4v) is 4.33. The first-order chi connectivity index (χ1) is 10.1. The van der Waals surface area contributed by atoms with Gasteiger partial charge in [-0.25, -0.2) is 0 Å². The van der Waals surface area contributed by atoms with Gasteiger partial charge in [-0.2, -0.15) is 0 Å². The third kappa shape index (κ3) is 9.04. The highest BCUT2D eigenvalue weighted by atomic mass is 28.4. The van der Waals surface area contributed by atoms with Gasteiger partial charge in [0.05, 0.1) is 5.92 Å². The van der Waals surface area contributed by atoms with Crippen LogP contribution in [-0.4, -0.2) is 61.6 Å². The molecule has 0 radical (unpaired) electrons. The molecule has 0 aromatic heterocycles. The van der Waals surface area contributed by atoms with E-state index in [0.29, 0.717) is 0 Å². The number of nitrogens with zero attached hydrogens (tertiary/aromatic N) is 1. The Labute approximate surface area is 138 Å². The van der Waals surface area contributed by atoms with Crippen LogP contribution in [-0.2, 0) is 18.1 Å². The Morgan fingerprint density at radius 2 is 1.68 bits per heavy atom. The maximum absolute atomic E-state index is 12.1. The monoisotopic (exact) mass is 349 g/mol. The summed E-state index contributed by atoms with van der Waals surface area (Å²) in [6.07, 6.45) is 1.02. The van der Waals surface area contributed by atoms with Crippen molar-refractivity contribution in [1.82, 2.24) is 4.90 Å². The van der Waals surface area contributed by atoms with Crippen molar-refractivity contribution in [3.8, 4) is 0 Å². The third-order valence-electron chi connectivity index (χ3n) is 3.76. The molecular weight excluding hydrogens is 314 g/mol. The van der Waals surface area contributed by atoms with Gasteiger partial charge in [0.15, 0.2) is 0 Å². The second-order valence-electron chi connectivity index (χ2n) is 6.97. The van der Waals surface area contributed by atoms with Gasteiger partial charge in [-0.05, 0) is 51.7 Å². The lowest BCUT2D eigenvalue weighted by atomic mass is 10.1. The van der Waals surface area contributed by atoms with Gasteiger partial charge in [-0.3, -0.25) is 4.79 Å². The molecule has 5 nitrogen and oxygen atoms in total. The van der Waals surface area contributed by atoms with E-state index in [4.69, 9.17) is 13.3 Å². The van der Waals surface area contributed by atoms with E-state index in [1.165, 1.54) is 0 Å². The van der Waals surface area contributed by atoms with Gasteiger partial charge in [-0.15, -0.1) is 0 Å². The molecule has 0 aliphatic carbocycles. The summed E-state index contributed by atoms with van der Waals surface area (Å²) in [6.45, 7) is 14.9. The second-order valence-corrected chi connectivity index (χ2v) is 15.0. The van der Waals surface area contributed by atoms with Crippen LogP contribution in [0.3, 0.4) is 0 Å². The van der Waals surface area contributed by atoms with E-state index in [9.17, 15) is 4.79 Å². The average Bonchev–Trinajstić information content (AvgIpc) is 2.43. The Morgan fingerprint density at radius 1 is 1.14 bits per heavy atom. The summed E-state index contributed by atoms with van der Waals surface area (Å²) in [5, 5.41) is 0. The molecule has 0 rings (SSSR count). The van der Waals surface area contributed by atoms with Crippen molar-refractivity contribution in [1.29, 1.82) is 0 Å². The van der Waals surface area contributed by atoms with Crippen molar-refractivity contribution >= 4 is 22.8 Å². The Bertz CT molecular complexity index is 330. The molecule has 0 saturated heterocycles. The second kappa shape index (κ2) is 9.82. The fraction of sp³-hybridized carbons (Fsp3) is 0.933. The zero-order chi connectivity index (χ0) is 17.4. The minimum absolute atomic E-state index is 0.0642. The van der Waals surface area contributed by atoms with E-state index in [2.05, 4.69) is 18.4 Å². The molecule has 1 atom stereocenters. The number of hydrogen-bond acceptors (Lipinski definition) is 5. The van der Waals surface area contributed by atoms with Crippen LogP contribution in [0.25, 0.3) is 0 Å². The molecule has 0 aromatic carbocycles. The first-order valence-electron chi connectivity index (χ1n) is 8.12. The van der Waals surface area contributed by atoms with Crippen LogP contribution in [0.1, 0.15) is 20.3 Å². The standard InChI is InChI=1S/C15H35NO4Si2/c1-9-16(11-10-12-22(8,18-3)19-4)13-14(2)15(17)20-21(5,6)7/h14H,9-13H2,1-8H3. The summed E-state index contributed by atoms with van der Waals surface area (Å²) in [6, 6.07) is 0.963. The first-order valence-corrected chi connectivity index (χ1v) is 14.1. The van der Waals surface area contributed by atoms with E-state index in [1.54, 1.807) is 14.2 Å². The van der Waals surface area contributed by atoms with Crippen molar-refractivity contribution in [2.75, 3.05) is 33.9 Å². The number of rotatable bonds is 11. The van der Waals surface area contributed by atoms with Crippen molar-refractivity contribution in [3.63, 3.8) is 0 Å². The van der Waals surface area contributed by atoms with Gasteiger partial charge >= 0.3 is 8.56 Å². The Hall–Kier alpha value is -0.216. The van der Waals surface area contributed by atoms with Crippen LogP contribution in [0.2, 0.25) is 32.2 Å².